The molecule has 1 rings (SSSR count). The van der Waals surface area contributed by atoms with E-state index in [1.54, 1.807) is 0 Å². The van der Waals surface area contributed by atoms with Gasteiger partial charge in [0.25, 0.3) is 0 Å². The Labute approximate surface area is 80.1 Å². The van der Waals surface area contributed by atoms with Gasteiger partial charge in [0.05, 0.1) is 5.54 Å². The maximum Gasteiger partial charge on any atom is 0.0564 e. The van der Waals surface area contributed by atoms with Gasteiger partial charge in [-0.2, -0.15) is 0 Å². The molecule has 1 unspecified atom stereocenters. The van der Waals surface area contributed by atoms with Crippen LogP contribution in [0.3, 0.4) is 0 Å². The molecule has 2 heteroatoms. The van der Waals surface area contributed by atoms with Crippen molar-refractivity contribution in [3.05, 3.63) is 35.9 Å². The minimum Gasteiger partial charge on any atom is -0.271 e. The van der Waals surface area contributed by atoms with Crippen molar-refractivity contribution in [1.29, 1.82) is 0 Å². The van der Waals surface area contributed by atoms with E-state index in [0.717, 1.165) is 0 Å². The van der Waals surface area contributed by atoms with Crippen LogP contribution in [0.4, 0.5) is 0 Å². The molecule has 0 amide bonds. The van der Waals surface area contributed by atoms with E-state index in [2.05, 4.69) is 38.3 Å². The van der Waals surface area contributed by atoms with Crippen LogP contribution in [0.2, 0.25) is 0 Å². The average molecular weight is 178 g/mol. The maximum atomic E-state index is 5.59. The highest BCUT2D eigenvalue weighted by atomic mass is 15.3. The summed E-state index contributed by atoms with van der Waals surface area (Å²) in [6.45, 7) is 6.44. The van der Waals surface area contributed by atoms with E-state index in [-0.39, 0.29) is 5.54 Å². The Bertz CT molecular complexity index is 256. The zero-order valence-electron chi connectivity index (χ0n) is 8.54. The molecule has 0 aliphatic rings. The second kappa shape index (κ2) is 3.90. The number of hydrazine groups is 1. The molecule has 0 spiro atoms. The lowest BCUT2D eigenvalue weighted by Crippen LogP contribution is -2.48. The molecule has 0 bridgehead atoms. The monoisotopic (exact) mass is 178 g/mol. The van der Waals surface area contributed by atoms with Crippen molar-refractivity contribution >= 4 is 0 Å². The van der Waals surface area contributed by atoms with Crippen molar-refractivity contribution in [2.24, 2.45) is 11.8 Å². The predicted octanol–water partition coefficient (Wildman–Crippen LogP) is 2.02. The van der Waals surface area contributed by atoms with Crippen LogP contribution in [-0.4, -0.2) is 0 Å². The zero-order chi connectivity index (χ0) is 9.90. The summed E-state index contributed by atoms with van der Waals surface area (Å²) in [6, 6.07) is 10.3. The molecule has 1 aromatic rings. The second-order valence-corrected chi connectivity index (χ2v) is 3.87. The van der Waals surface area contributed by atoms with Gasteiger partial charge < -0.3 is 0 Å². The molecule has 0 saturated heterocycles. The number of benzene rings is 1. The summed E-state index contributed by atoms with van der Waals surface area (Å²) in [6.07, 6.45) is 0. The second-order valence-electron chi connectivity index (χ2n) is 3.87. The van der Waals surface area contributed by atoms with Gasteiger partial charge in [-0.05, 0) is 18.4 Å². The normalized spacial score (nSPS) is 15.8. The fourth-order valence-electron chi connectivity index (χ4n) is 1.37. The molecular weight excluding hydrogens is 160 g/mol. The first-order valence-corrected chi connectivity index (χ1v) is 4.64. The van der Waals surface area contributed by atoms with Crippen molar-refractivity contribution in [3.8, 4) is 0 Å². The fourth-order valence-corrected chi connectivity index (χ4v) is 1.37. The Kier molecular flexibility index (Phi) is 3.07. The van der Waals surface area contributed by atoms with Crippen LogP contribution in [0.25, 0.3) is 0 Å². The average Bonchev–Trinajstić information content (AvgIpc) is 2.17. The topological polar surface area (TPSA) is 38.0 Å². The van der Waals surface area contributed by atoms with E-state index in [1.807, 2.05) is 18.2 Å². The van der Waals surface area contributed by atoms with E-state index in [1.165, 1.54) is 5.56 Å². The van der Waals surface area contributed by atoms with Crippen LogP contribution in [-0.2, 0) is 5.54 Å². The van der Waals surface area contributed by atoms with Crippen molar-refractivity contribution in [1.82, 2.24) is 5.43 Å². The largest absolute Gasteiger partial charge is 0.271 e. The SMILES string of the molecule is CC(C)C(C)(NN)c1ccccc1. The van der Waals surface area contributed by atoms with E-state index >= 15 is 0 Å². The van der Waals surface area contributed by atoms with Crippen LogP contribution < -0.4 is 11.3 Å². The molecule has 3 N–H and O–H groups in total. The Morgan fingerprint density at radius 3 is 2.15 bits per heavy atom. The van der Waals surface area contributed by atoms with Gasteiger partial charge in [-0.1, -0.05) is 44.2 Å². The van der Waals surface area contributed by atoms with Gasteiger partial charge in [0, 0.05) is 0 Å². The number of nitrogens with one attached hydrogen (secondary N) is 1. The van der Waals surface area contributed by atoms with Gasteiger partial charge in [-0.3, -0.25) is 5.84 Å². The lowest BCUT2D eigenvalue weighted by molar-refractivity contribution is 0.269. The molecule has 1 aromatic carbocycles. The van der Waals surface area contributed by atoms with Gasteiger partial charge in [-0.25, -0.2) is 5.43 Å². The smallest absolute Gasteiger partial charge is 0.0564 e. The standard InChI is InChI=1S/C11H18N2/c1-9(2)11(3,13-12)10-7-5-4-6-8-10/h4-9,13H,12H2,1-3H3. The summed E-state index contributed by atoms with van der Waals surface area (Å²) in [5, 5.41) is 0. The molecule has 0 aliphatic carbocycles. The van der Waals surface area contributed by atoms with Gasteiger partial charge in [0.1, 0.15) is 0 Å². The Balaban J connectivity index is 3.03. The summed E-state index contributed by atoms with van der Waals surface area (Å²) < 4.78 is 0. The molecule has 0 saturated carbocycles. The summed E-state index contributed by atoms with van der Waals surface area (Å²) in [5.41, 5.74) is 3.99. The van der Waals surface area contributed by atoms with Crippen molar-refractivity contribution < 1.29 is 0 Å². The van der Waals surface area contributed by atoms with Crippen LogP contribution >= 0.6 is 0 Å². The van der Waals surface area contributed by atoms with Crippen molar-refractivity contribution in [2.45, 2.75) is 26.3 Å². The number of rotatable bonds is 3. The summed E-state index contributed by atoms with van der Waals surface area (Å²) in [7, 11) is 0. The molecule has 1 atom stereocenters. The first-order valence-electron chi connectivity index (χ1n) is 4.64. The fraction of sp³-hybridized carbons (Fsp3) is 0.455. The van der Waals surface area contributed by atoms with Crippen LogP contribution in [0, 0.1) is 5.92 Å². The minimum atomic E-state index is -0.138. The highest BCUT2D eigenvalue weighted by Gasteiger charge is 2.28. The van der Waals surface area contributed by atoms with Crippen LogP contribution in [0.1, 0.15) is 26.3 Å². The Hall–Kier alpha value is -0.860. The number of nitrogens with two attached hydrogens (primary N) is 1. The predicted molar refractivity (Wildman–Crippen MR) is 56.0 cm³/mol. The molecule has 13 heavy (non-hydrogen) atoms. The lowest BCUT2D eigenvalue weighted by Gasteiger charge is -2.33. The highest BCUT2D eigenvalue weighted by Crippen LogP contribution is 2.27. The molecule has 0 aliphatic heterocycles. The Morgan fingerprint density at radius 1 is 1.23 bits per heavy atom. The third kappa shape index (κ3) is 1.90. The van der Waals surface area contributed by atoms with E-state index in [4.69, 9.17) is 5.84 Å². The van der Waals surface area contributed by atoms with E-state index < -0.39 is 0 Å². The van der Waals surface area contributed by atoms with Gasteiger partial charge in [0.2, 0.25) is 0 Å². The zero-order valence-corrected chi connectivity index (χ0v) is 8.54. The lowest BCUT2D eigenvalue weighted by atomic mass is 9.82. The minimum absolute atomic E-state index is 0.138. The molecule has 72 valence electrons. The summed E-state index contributed by atoms with van der Waals surface area (Å²) in [5.74, 6) is 6.05. The third-order valence-corrected chi connectivity index (χ3v) is 2.83. The van der Waals surface area contributed by atoms with Gasteiger partial charge in [0.15, 0.2) is 0 Å². The van der Waals surface area contributed by atoms with Crippen molar-refractivity contribution in [3.63, 3.8) is 0 Å². The Morgan fingerprint density at radius 2 is 1.77 bits per heavy atom. The molecule has 0 heterocycles. The molecule has 0 aromatic heterocycles. The van der Waals surface area contributed by atoms with Gasteiger partial charge in [-0.15, -0.1) is 0 Å². The number of hydrogen-bond donors (Lipinski definition) is 2. The molecule has 0 radical (unpaired) electrons. The molecular formula is C11H18N2. The quantitative estimate of drug-likeness (QED) is 0.549. The van der Waals surface area contributed by atoms with Crippen molar-refractivity contribution in [2.75, 3.05) is 0 Å². The molecule has 2 nitrogen and oxygen atoms in total. The first-order chi connectivity index (χ1) is 6.11. The van der Waals surface area contributed by atoms with Gasteiger partial charge >= 0.3 is 0 Å². The number of hydrogen-bond acceptors (Lipinski definition) is 2. The van der Waals surface area contributed by atoms with Crippen LogP contribution in [0.5, 0.6) is 0 Å². The first kappa shape index (κ1) is 10.2. The third-order valence-electron chi connectivity index (χ3n) is 2.83. The summed E-state index contributed by atoms with van der Waals surface area (Å²) in [4.78, 5) is 0. The van der Waals surface area contributed by atoms with E-state index in [9.17, 15) is 0 Å². The van der Waals surface area contributed by atoms with E-state index in [0.29, 0.717) is 5.92 Å². The highest BCUT2D eigenvalue weighted by molar-refractivity contribution is 5.23. The summed E-state index contributed by atoms with van der Waals surface area (Å²) >= 11 is 0. The maximum absolute atomic E-state index is 5.59. The molecule has 0 fully saturated rings. The van der Waals surface area contributed by atoms with Crippen LogP contribution in [0.15, 0.2) is 30.3 Å².